The minimum atomic E-state index is -0.407. The fraction of sp³-hybridized carbons (Fsp3) is 0.812. The molecular formula is C16H27NO2. The molecule has 0 bridgehead atoms. The maximum Gasteiger partial charge on any atom is 0.306 e. The Labute approximate surface area is 116 Å². The highest BCUT2D eigenvalue weighted by Crippen LogP contribution is 2.59. The molecule has 0 amide bonds. The Balaban J connectivity index is 2.02. The van der Waals surface area contributed by atoms with Gasteiger partial charge in [0.1, 0.15) is 5.60 Å². The van der Waals surface area contributed by atoms with E-state index in [1.54, 1.807) is 0 Å². The number of hydrogen-bond donors (Lipinski definition) is 1. The van der Waals surface area contributed by atoms with E-state index in [4.69, 9.17) is 10.5 Å². The van der Waals surface area contributed by atoms with Crippen molar-refractivity contribution in [2.24, 2.45) is 23.0 Å². The molecule has 2 rings (SSSR count). The van der Waals surface area contributed by atoms with E-state index in [9.17, 15) is 4.79 Å². The number of carbonyl (C=O) groups is 1. The monoisotopic (exact) mass is 265 g/mol. The molecule has 2 aliphatic rings. The van der Waals surface area contributed by atoms with E-state index in [-0.39, 0.29) is 11.4 Å². The quantitative estimate of drug-likeness (QED) is 0.628. The van der Waals surface area contributed by atoms with Crippen LogP contribution in [0.4, 0.5) is 0 Å². The average Bonchev–Trinajstić information content (AvgIpc) is 2.62. The molecule has 0 saturated heterocycles. The zero-order chi connectivity index (χ0) is 14.3. The molecule has 0 aliphatic heterocycles. The van der Waals surface area contributed by atoms with Gasteiger partial charge in [-0.05, 0) is 63.8 Å². The number of nitrogens with two attached hydrogens (primary N) is 1. The molecule has 19 heavy (non-hydrogen) atoms. The van der Waals surface area contributed by atoms with E-state index < -0.39 is 5.60 Å². The van der Waals surface area contributed by atoms with Crippen molar-refractivity contribution in [3.63, 3.8) is 0 Å². The molecule has 2 N–H and O–H groups in total. The Morgan fingerprint density at radius 3 is 2.74 bits per heavy atom. The number of ether oxygens (including phenoxy) is 1. The predicted octanol–water partition coefficient (Wildman–Crippen LogP) is 3.04. The molecule has 108 valence electrons. The Hall–Kier alpha value is -0.830. The van der Waals surface area contributed by atoms with Crippen molar-refractivity contribution in [1.82, 2.24) is 0 Å². The lowest BCUT2D eigenvalue weighted by Gasteiger charge is -2.51. The summed E-state index contributed by atoms with van der Waals surface area (Å²) in [4.78, 5) is 12.1. The van der Waals surface area contributed by atoms with E-state index >= 15 is 0 Å². The molecule has 3 nitrogen and oxygen atoms in total. The Kier molecular flexibility index (Phi) is 3.78. The van der Waals surface area contributed by atoms with Crippen molar-refractivity contribution in [1.29, 1.82) is 0 Å². The topological polar surface area (TPSA) is 52.3 Å². The van der Waals surface area contributed by atoms with E-state index in [0.717, 1.165) is 18.8 Å². The fourth-order valence-electron chi connectivity index (χ4n) is 3.70. The van der Waals surface area contributed by atoms with Crippen LogP contribution in [-0.4, -0.2) is 18.1 Å². The van der Waals surface area contributed by atoms with Crippen LogP contribution in [-0.2, 0) is 9.53 Å². The van der Waals surface area contributed by atoms with Gasteiger partial charge < -0.3 is 10.5 Å². The van der Waals surface area contributed by atoms with Gasteiger partial charge >= 0.3 is 5.97 Å². The van der Waals surface area contributed by atoms with Gasteiger partial charge in [-0.2, -0.15) is 0 Å². The average molecular weight is 265 g/mol. The SMILES string of the molecule is CCC1=C[C@@H]2[C@@H](C1)C[C@]2(CN)CC(=O)OC(C)(C)C. The summed E-state index contributed by atoms with van der Waals surface area (Å²) >= 11 is 0. The van der Waals surface area contributed by atoms with E-state index in [2.05, 4.69) is 13.0 Å². The van der Waals surface area contributed by atoms with E-state index in [1.807, 2.05) is 20.8 Å². The normalized spacial score (nSPS) is 33.4. The Bertz CT molecular complexity index is 394. The summed E-state index contributed by atoms with van der Waals surface area (Å²) in [5.74, 6) is 1.12. The minimum Gasteiger partial charge on any atom is -0.460 e. The molecule has 3 atom stereocenters. The first kappa shape index (κ1) is 14.6. The van der Waals surface area contributed by atoms with Gasteiger partial charge in [-0.25, -0.2) is 0 Å². The lowest BCUT2D eigenvalue weighted by Crippen LogP contribution is -2.51. The molecule has 0 aromatic heterocycles. The molecule has 0 heterocycles. The van der Waals surface area contributed by atoms with Crippen LogP contribution in [0.3, 0.4) is 0 Å². The van der Waals surface area contributed by atoms with Crippen molar-refractivity contribution in [3.05, 3.63) is 11.6 Å². The van der Waals surface area contributed by atoms with Gasteiger partial charge in [0, 0.05) is 0 Å². The molecule has 0 unspecified atom stereocenters. The predicted molar refractivity (Wildman–Crippen MR) is 76.5 cm³/mol. The minimum absolute atomic E-state index is 0.0378. The summed E-state index contributed by atoms with van der Waals surface area (Å²) in [6.07, 6.45) is 6.26. The number of fused-ring (bicyclic) bond motifs is 1. The first-order valence-corrected chi connectivity index (χ1v) is 7.41. The maximum absolute atomic E-state index is 12.1. The molecule has 0 aromatic rings. The van der Waals surface area contributed by atoms with Crippen molar-refractivity contribution in [3.8, 4) is 0 Å². The third-order valence-electron chi connectivity index (χ3n) is 4.60. The van der Waals surface area contributed by atoms with Gasteiger partial charge in [0.25, 0.3) is 0 Å². The second-order valence-corrected chi connectivity index (χ2v) is 7.20. The standard InChI is InChI=1S/C16H27NO2/c1-5-11-6-12-8-16(10-17,13(12)7-11)9-14(18)19-15(2,3)4/h7,12-13H,5-6,8-10,17H2,1-4H3/t12-,13+,16+/m0/s1. The van der Waals surface area contributed by atoms with Crippen molar-refractivity contribution in [2.45, 2.75) is 59.0 Å². The van der Waals surface area contributed by atoms with Crippen LogP contribution in [0.15, 0.2) is 11.6 Å². The molecular weight excluding hydrogens is 238 g/mol. The summed E-state index contributed by atoms with van der Waals surface area (Å²) in [5, 5.41) is 0. The largest absolute Gasteiger partial charge is 0.460 e. The highest BCUT2D eigenvalue weighted by molar-refractivity contribution is 5.71. The zero-order valence-corrected chi connectivity index (χ0v) is 12.7. The van der Waals surface area contributed by atoms with Gasteiger partial charge in [-0.15, -0.1) is 0 Å². The van der Waals surface area contributed by atoms with Gasteiger partial charge in [0.05, 0.1) is 6.42 Å². The molecule has 0 spiro atoms. The molecule has 1 saturated carbocycles. The first-order chi connectivity index (χ1) is 8.79. The third kappa shape index (κ3) is 2.86. The van der Waals surface area contributed by atoms with Crippen LogP contribution in [0.5, 0.6) is 0 Å². The van der Waals surface area contributed by atoms with E-state index in [1.165, 1.54) is 12.0 Å². The number of carbonyl (C=O) groups excluding carboxylic acids is 1. The summed E-state index contributed by atoms with van der Waals surface area (Å²) in [6, 6.07) is 0. The zero-order valence-electron chi connectivity index (χ0n) is 12.7. The summed E-state index contributed by atoms with van der Waals surface area (Å²) in [5.41, 5.74) is 7.08. The Morgan fingerprint density at radius 1 is 1.53 bits per heavy atom. The lowest BCUT2D eigenvalue weighted by atomic mass is 9.53. The number of hydrogen-bond acceptors (Lipinski definition) is 3. The van der Waals surface area contributed by atoms with Crippen LogP contribution in [0.1, 0.15) is 53.4 Å². The van der Waals surface area contributed by atoms with Gasteiger partial charge in [0.15, 0.2) is 0 Å². The van der Waals surface area contributed by atoms with Gasteiger partial charge in [-0.3, -0.25) is 4.79 Å². The summed E-state index contributed by atoms with van der Waals surface area (Å²) in [7, 11) is 0. The summed E-state index contributed by atoms with van der Waals surface area (Å²) in [6.45, 7) is 8.52. The van der Waals surface area contributed by atoms with Crippen LogP contribution in [0.25, 0.3) is 0 Å². The number of esters is 1. The second-order valence-electron chi connectivity index (χ2n) is 7.20. The molecule has 2 aliphatic carbocycles. The smallest absolute Gasteiger partial charge is 0.306 e. The van der Waals surface area contributed by atoms with Crippen LogP contribution >= 0.6 is 0 Å². The molecule has 0 radical (unpaired) electrons. The molecule has 1 fully saturated rings. The molecule has 0 aromatic carbocycles. The fourth-order valence-corrected chi connectivity index (χ4v) is 3.70. The highest BCUT2D eigenvalue weighted by atomic mass is 16.6. The van der Waals surface area contributed by atoms with E-state index in [0.29, 0.717) is 18.9 Å². The summed E-state index contributed by atoms with van der Waals surface area (Å²) < 4.78 is 5.46. The van der Waals surface area contributed by atoms with Crippen molar-refractivity contribution < 1.29 is 9.53 Å². The van der Waals surface area contributed by atoms with Crippen molar-refractivity contribution >= 4 is 5.97 Å². The van der Waals surface area contributed by atoms with Crippen LogP contribution in [0.2, 0.25) is 0 Å². The second kappa shape index (κ2) is 4.93. The first-order valence-electron chi connectivity index (χ1n) is 7.41. The van der Waals surface area contributed by atoms with Gasteiger partial charge in [-0.1, -0.05) is 18.6 Å². The Morgan fingerprint density at radius 2 is 2.21 bits per heavy atom. The lowest BCUT2D eigenvalue weighted by molar-refractivity contribution is -0.162. The van der Waals surface area contributed by atoms with Crippen LogP contribution < -0.4 is 5.73 Å². The van der Waals surface area contributed by atoms with Gasteiger partial charge in [0.2, 0.25) is 0 Å². The highest BCUT2D eigenvalue weighted by Gasteiger charge is 2.55. The van der Waals surface area contributed by atoms with Crippen LogP contribution in [0, 0.1) is 17.3 Å². The molecule has 3 heteroatoms. The third-order valence-corrected chi connectivity index (χ3v) is 4.60. The number of allylic oxidation sites excluding steroid dienone is 2. The van der Waals surface area contributed by atoms with Crippen molar-refractivity contribution in [2.75, 3.05) is 6.54 Å². The number of rotatable bonds is 4. The maximum atomic E-state index is 12.1.